The molecule has 2 aromatic rings. The molecule has 3 rings (SSSR count). The van der Waals surface area contributed by atoms with Gasteiger partial charge in [0.05, 0.1) is 6.04 Å². The molecular formula is C26H32N2O4. The van der Waals surface area contributed by atoms with E-state index < -0.39 is 5.97 Å². The number of carboxylic acids is 1. The third kappa shape index (κ3) is 5.64. The summed E-state index contributed by atoms with van der Waals surface area (Å²) in [5.74, 6) is -0.439. The number of carbonyl (C=O) groups excluding carboxylic acids is 1. The summed E-state index contributed by atoms with van der Waals surface area (Å²) in [6.45, 7) is 12.2. The van der Waals surface area contributed by atoms with Crippen LogP contribution in [-0.2, 0) is 4.79 Å². The van der Waals surface area contributed by atoms with Gasteiger partial charge in [0, 0.05) is 37.3 Å². The maximum Gasteiger partial charge on any atom is 0.341 e. The van der Waals surface area contributed by atoms with Gasteiger partial charge in [-0.05, 0) is 44.0 Å². The summed E-state index contributed by atoms with van der Waals surface area (Å²) in [6.07, 6.45) is 1.94. The average Bonchev–Trinajstić information content (AvgIpc) is 2.76. The zero-order valence-corrected chi connectivity index (χ0v) is 19.0. The van der Waals surface area contributed by atoms with Crippen molar-refractivity contribution in [2.75, 3.05) is 26.2 Å². The first kappa shape index (κ1) is 23.7. The van der Waals surface area contributed by atoms with Crippen molar-refractivity contribution in [1.82, 2.24) is 9.80 Å². The highest BCUT2D eigenvalue weighted by Crippen LogP contribution is 2.34. The van der Waals surface area contributed by atoms with Crippen LogP contribution in [0.4, 0.5) is 0 Å². The molecule has 1 heterocycles. The fraction of sp³-hybridized carbons (Fsp3) is 0.385. The van der Waals surface area contributed by atoms with E-state index in [1.165, 1.54) is 0 Å². The van der Waals surface area contributed by atoms with Crippen LogP contribution in [0, 0.1) is 0 Å². The molecule has 0 unspecified atom stereocenters. The molecule has 0 radical (unpaired) electrons. The number of hydrogen-bond acceptors (Lipinski definition) is 5. The van der Waals surface area contributed by atoms with E-state index in [1.807, 2.05) is 48.5 Å². The third-order valence-electron chi connectivity index (χ3n) is 6.03. The van der Waals surface area contributed by atoms with Crippen LogP contribution in [0.3, 0.4) is 0 Å². The highest BCUT2D eigenvalue weighted by molar-refractivity contribution is 5.94. The smallest absolute Gasteiger partial charge is 0.341 e. The lowest BCUT2D eigenvalue weighted by Gasteiger charge is -2.47. The maximum atomic E-state index is 11.8. The van der Waals surface area contributed by atoms with Crippen molar-refractivity contribution < 1.29 is 19.4 Å². The summed E-state index contributed by atoms with van der Waals surface area (Å²) in [5.41, 5.74) is 2.80. The molecule has 0 bridgehead atoms. The quantitative estimate of drug-likeness (QED) is 0.473. The van der Waals surface area contributed by atoms with Crippen LogP contribution in [0.1, 0.15) is 48.3 Å². The van der Waals surface area contributed by atoms with Gasteiger partial charge in [0.15, 0.2) is 12.4 Å². The number of benzene rings is 2. The second kappa shape index (κ2) is 10.6. The van der Waals surface area contributed by atoms with Gasteiger partial charge < -0.3 is 9.84 Å². The topological polar surface area (TPSA) is 70.1 Å². The Bertz CT molecular complexity index is 957. The minimum absolute atomic E-state index is 0.0391. The standard InChI is InChI=1S/C26H32N2O4/c1-5-13-27-15-19(3)28(16-18(27)2)26(22-11-9-21(10-12-22)20(4)29)23-7-6-8-24(14-23)32-17-25(30)31/h5-12,14,18-19,26H,1,13,15-17H2,2-4H3,(H,30,31)/t18-,19+,26-/m1/s1. The molecule has 170 valence electrons. The Labute approximate surface area is 190 Å². The first-order chi connectivity index (χ1) is 15.3. The number of ether oxygens (including phenoxy) is 1. The summed E-state index contributed by atoms with van der Waals surface area (Å²) in [4.78, 5) is 27.6. The van der Waals surface area contributed by atoms with Gasteiger partial charge in [0.1, 0.15) is 5.75 Å². The third-order valence-corrected chi connectivity index (χ3v) is 6.03. The van der Waals surface area contributed by atoms with Crippen molar-refractivity contribution in [2.45, 2.75) is 38.9 Å². The second-order valence-electron chi connectivity index (χ2n) is 8.47. The van der Waals surface area contributed by atoms with Gasteiger partial charge >= 0.3 is 5.97 Å². The lowest BCUT2D eigenvalue weighted by atomic mass is 9.92. The number of ketones is 1. The number of aliphatic carboxylic acids is 1. The van der Waals surface area contributed by atoms with Crippen LogP contribution in [0.5, 0.6) is 5.75 Å². The molecule has 0 aliphatic carbocycles. The normalized spacial score (nSPS) is 20.5. The number of carboxylic acid groups (broad SMARTS) is 1. The highest BCUT2D eigenvalue weighted by Gasteiger charge is 2.34. The van der Waals surface area contributed by atoms with Gasteiger partial charge in [-0.2, -0.15) is 0 Å². The van der Waals surface area contributed by atoms with Crippen molar-refractivity contribution in [2.24, 2.45) is 0 Å². The number of piperazine rings is 1. The van der Waals surface area contributed by atoms with Crippen molar-refractivity contribution in [3.63, 3.8) is 0 Å². The number of nitrogens with zero attached hydrogens (tertiary/aromatic N) is 2. The molecule has 2 aromatic carbocycles. The first-order valence-electron chi connectivity index (χ1n) is 11.0. The Morgan fingerprint density at radius 3 is 2.47 bits per heavy atom. The van der Waals surface area contributed by atoms with E-state index in [4.69, 9.17) is 9.84 Å². The largest absolute Gasteiger partial charge is 0.482 e. The highest BCUT2D eigenvalue weighted by atomic mass is 16.5. The Kier molecular flexibility index (Phi) is 7.83. The predicted octanol–water partition coefficient (Wildman–Crippen LogP) is 4.02. The Morgan fingerprint density at radius 2 is 1.84 bits per heavy atom. The molecule has 6 nitrogen and oxygen atoms in total. The van der Waals surface area contributed by atoms with Gasteiger partial charge in [-0.15, -0.1) is 6.58 Å². The van der Waals surface area contributed by atoms with Crippen molar-refractivity contribution in [3.8, 4) is 5.75 Å². The predicted molar refractivity (Wildman–Crippen MR) is 125 cm³/mol. The van der Waals surface area contributed by atoms with E-state index in [1.54, 1.807) is 13.0 Å². The molecule has 1 aliphatic heterocycles. The number of carbonyl (C=O) groups is 2. The zero-order valence-electron chi connectivity index (χ0n) is 19.0. The molecule has 3 atom stereocenters. The minimum Gasteiger partial charge on any atom is -0.482 e. The fourth-order valence-electron chi connectivity index (χ4n) is 4.40. The zero-order chi connectivity index (χ0) is 23.3. The van der Waals surface area contributed by atoms with Crippen LogP contribution < -0.4 is 4.74 Å². The molecular weight excluding hydrogens is 404 g/mol. The molecule has 0 spiro atoms. The summed E-state index contributed by atoms with van der Waals surface area (Å²) < 4.78 is 5.45. The van der Waals surface area contributed by atoms with Gasteiger partial charge in [0.2, 0.25) is 0 Å². The van der Waals surface area contributed by atoms with Crippen LogP contribution in [0.25, 0.3) is 0 Å². The summed E-state index contributed by atoms with van der Waals surface area (Å²) in [6, 6.07) is 16.0. The van der Waals surface area contributed by atoms with Crippen LogP contribution in [-0.4, -0.2) is 65.0 Å². The number of rotatable bonds is 9. The lowest BCUT2D eigenvalue weighted by Crippen LogP contribution is -2.57. The average molecular weight is 437 g/mol. The molecule has 32 heavy (non-hydrogen) atoms. The first-order valence-corrected chi connectivity index (χ1v) is 11.0. The van der Waals surface area contributed by atoms with Crippen LogP contribution >= 0.6 is 0 Å². The van der Waals surface area contributed by atoms with E-state index in [9.17, 15) is 9.59 Å². The molecule has 0 aromatic heterocycles. The second-order valence-corrected chi connectivity index (χ2v) is 8.47. The van der Waals surface area contributed by atoms with Crippen LogP contribution in [0.15, 0.2) is 61.2 Å². The van der Waals surface area contributed by atoms with Crippen LogP contribution in [0.2, 0.25) is 0 Å². The number of hydrogen-bond donors (Lipinski definition) is 1. The van der Waals surface area contributed by atoms with E-state index in [-0.39, 0.29) is 24.5 Å². The lowest BCUT2D eigenvalue weighted by molar-refractivity contribution is -0.139. The van der Waals surface area contributed by atoms with E-state index in [2.05, 4.69) is 30.2 Å². The summed E-state index contributed by atoms with van der Waals surface area (Å²) in [5, 5.41) is 8.97. The van der Waals surface area contributed by atoms with E-state index >= 15 is 0 Å². The van der Waals surface area contributed by atoms with Gasteiger partial charge in [0.25, 0.3) is 0 Å². The Balaban J connectivity index is 1.99. The van der Waals surface area contributed by atoms with E-state index in [0.29, 0.717) is 17.4 Å². The SMILES string of the molecule is C=CCN1C[C@H](C)N([C@H](c2ccc(C(C)=O)cc2)c2cccc(OCC(=O)O)c2)C[C@H]1C. The fourth-order valence-corrected chi connectivity index (χ4v) is 4.40. The molecule has 1 aliphatic rings. The van der Waals surface area contributed by atoms with Crippen molar-refractivity contribution in [1.29, 1.82) is 0 Å². The molecule has 0 amide bonds. The van der Waals surface area contributed by atoms with Gasteiger partial charge in [-0.1, -0.05) is 42.5 Å². The number of Topliss-reactive ketones (excluding diaryl/α,β-unsaturated/α-hetero) is 1. The molecule has 6 heteroatoms. The van der Waals surface area contributed by atoms with Crippen molar-refractivity contribution >= 4 is 11.8 Å². The molecule has 1 N–H and O–H groups in total. The maximum absolute atomic E-state index is 11.8. The summed E-state index contributed by atoms with van der Waals surface area (Å²) in [7, 11) is 0. The minimum atomic E-state index is -1.01. The van der Waals surface area contributed by atoms with Crippen molar-refractivity contribution in [3.05, 3.63) is 77.9 Å². The summed E-state index contributed by atoms with van der Waals surface area (Å²) >= 11 is 0. The van der Waals surface area contributed by atoms with E-state index in [0.717, 1.165) is 30.8 Å². The molecule has 1 fully saturated rings. The molecule has 0 saturated carbocycles. The monoisotopic (exact) mass is 436 g/mol. The molecule has 1 saturated heterocycles. The Morgan fingerprint density at radius 1 is 1.12 bits per heavy atom. The Hall–Kier alpha value is -2.96. The van der Waals surface area contributed by atoms with Gasteiger partial charge in [-0.25, -0.2) is 4.79 Å². The van der Waals surface area contributed by atoms with Gasteiger partial charge in [-0.3, -0.25) is 14.6 Å².